The summed E-state index contributed by atoms with van der Waals surface area (Å²) in [6, 6.07) is 0. The number of halogens is 1. The maximum absolute atomic E-state index is 11.6. The molecule has 0 aliphatic carbocycles. The van der Waals surface area contributed by atoms with Crippen molar-refractivity contribution in [2.24, 2.45) is 5.92 Å². The van der Waals surface area contributed by atoms with Crippen LogP contribution in [0.1, 0.15) is 27.2 Å². The number of anilines is 1. The smallest absolute Gasteiger partial charge is 0.407 e. The van der Waals surface area contributed by atoms with Gasteiger partial charge in [0.15, 0.2) is 11.6 Å². The Kier molecular flexibility index (Phi) is 4.95. The predicted octanol–water partition coefficient (Wildman–Crippen LogP) is 2.19. The molecule has 1 unspecified atom stereocenters. The van der Waals surface area contributed by atoms with E-state index in [2.05, 4.69) is 15.3 Å². The maximum atomic E-state index is 11.6. The van der Waals surface area contributed by atoms with Crippen molar-refractivity contribution < 1.29 is 14.6 Å². The molecule has 0 radical (unpaired) electrons. The lowest BCUT2D eigenvalue weighted by molar-refractivity contribution is 0.0520. The number of carbonyl (C=O) groups is 1. The Morgan fingerprint density at radius 3 is 3.00 bits per heavy atom. The van der Waals surface area contributed by atoms with Gasteiger partial charge in [0.2, 0.25) is 5.28 Å². The lowest BCUT2D eigenvalue weighted by Crippen LogP contribution is -2.36. The van der Waals surface area contributed by atoms with Crippen LogP contribution in [0.4, 0.5) is 10.6 Å². The lowest BCUT2D eigenvalue weighted by atomic mass is 10.1. The molecular formula is C14H21ClN4O3. The molecule has 1 amide bonds. The topological polar surface area (TPSA) is 87.6 Å². The molecule has 1 atom stereocenters. The zero-order chi connectivity index (χ0) is 16.3. The third-order valence-electron chi connectivity index (χ3n) is 3.24. The standard InChI is InChI=1S/C14H21ClN4O3/c1-14(2,3)22-13(21)17-6-9-4-5-19(8-9)11-10(20)7-16-12(15)18-11/h7,9,20H,4-6,8H2,1-3H3,(H,17,21). The van der Waals surface area contributed by atoms with E-state index in [1.165, 1.54) is 6.20 Å². The average molecular weight is 329 g/mol. The molecule has 1 fully saturated rings. The Balaban J connectivity index is 1.85. The molecule has 1 aromatic rings. The van der Waals surface area contributed by atoms with Crippen LogP contribution < -0.4 is 10.2 Å². The number of aromatic hydroxyl groups is 1. The Labute approximate surface area is 134 Å². The Hall–Kier alpha value is -1.76. The van der Waals surface area contributed by atoms with E-state index in [9.17, 15) is 9.90 Å². The molecule has 122 valence electrons. The highest BCUT2D eigenvalue weighted by atomic mass is 35.5. The quantitative estimate of drug-likeness (QED) is 0.827. The Morgan fingerprint density at radius 2 is 2.32 bits per heavy atom. The van der Waals surface area contributed by atoms with Gasteiger partial charge in [-0.15, -0.1) is 0 Å². The van der Waals surface area contributed by atoms with Gasteiger partial charge in [-0.05, 0) is 44.7 Å². The number of alkyl carbamates (subject to hydrolysis) is 1. The van der Waals surface area contributed by atoms with Gasteiger partial charge in [0.05, 0.1) is 6.20 Å². The molecule has 0 saturated carbocycles. The third kappa shape index (κ3) is 4.62. The summed E-state index contributed by atoms with van der Waals surface area (Å²) in [7, 11) is 0. The van der Waals surface area contributed by atoms with Crippen LogP contribution in [0.2, 0.25) is 5.28 Å². The first-order valence-electron chi connectivity index (χ1n) is 7.18. The second-order valence-corrected chi connectivity index (χ2v) is 6.67. The molecule has 2 heterocycles. The van der Waals surface area contributed by atoms with Crippen molar-refractivity contribution in [2.75, 3.05) is 24.5 Å². The number of nitrogens with one attached hydrogen (secondary N) is 1. The number of hydrogen-bond acceptors (Lipinski definition) is 6. The summed E-state index contributed by atoms with van der Waals surface area (Å²) in [6.07, 6.45) is 1.76. The summed E-state index contributed by atoms with van der Waals surface area (Å²) >= 11 is 5.76. The van der Waals surface area contributed by atoms with Gasteiger partial charge < -0.3 is 20.1 Å². The second-order valence-electron chi connectivity index (χ2n) is 6.33. The van der Waals surface area contributed by atoms with Crippen LogP contribution in [0.25, 0.3) is 0 Å². The van der Waals surface area contributed by atoms with Crippen LogP contribution in [0.15, 0.2) is 6.20 Å². The van der Waals surface area contributed by atoms with Crippen LogP contribution in [-0.4, -0.2) is 46.4 Å². The summed E-state index contributed by atoms with van der Waals surface area (Å²) in [4.78, 5) is 21.4. The van der Waals surface area contributed by atoms with Crippen LogP contribution in [0.3, 0.4) is 0 Å². The summed E-state index contributed by atoms with van der Waals surface area (Å²) in [5, 5.41) is 12.7. The summed E-state index contributed by atoms with van der Waals surface area (Å²) in [6.45, 7) is 7.41. The molecule has 0 bridgehead atoms. The number of aromatic nitrogens is 2. The predicted molar refractivity (Wildman–Crippen MR) is 83.3 cm³/mol. The van der Waals surface area contributed by atoms with E-state index >= 15 is 0 Å². The van der Waals surface area contributed by atoms with Gasteiger partial charge in [-0.1, -0.05) is 0 Å². The number of amides is 1. The van der Waals surface area contributed by atoms with Crippen molar-refractivity contribution in [3.63, 3.8) is 0 Å². The van der Waals surface area contributed by atoms with Gasteiger partial charge in [-0.3, -0.25) is 0 Å². The highest BCUT2D eigenvalue weighted by molar-refractivity contribution is 6.28. The first-order chi connectivity index (χ1) is 10.2. The fourth-order valence-electron chi connectivity index (χ4n) is 2.31. The second kappa shape index (κ2) is 6.56. The highest BCUT2D eigenvalue weighted by Gasteiger charge is 2.26. The summed E-state index contributed by atoms with van der Waals surface area (Å²) < 4.78 is 5.20. The molecule has 7 nitrogen and oxygen atoms in total. The Bertz CT molecular complexity index is 547. The normalized spacial score (nSPS) is 18.4. The summed E-state index contributed by atoms with van der Waals surface area (Å²) in [5.41, 5.74) is -0.505. The first kappa shape index (κ1) is 16.6. The van der Waals surface area contributed by atoms with Gasteiger partial charge >= 0.3 is 6.09 Å². The van der Waals surface area contributed by atoms with E-state index in [0.717, 1.165) is 13.0 Å². The molecule has 22 heavy (non-hydrogen) atoms. The van der Waals surface area contributed by atoms with Gasteiger partial charge in [-0.25, -0.2) is 9.78 Å². The van der Waals surface area contributed by atoms with Crippen molar-refractivity contribution in [3.05, 3.63) is 11.5 Å². The summed E-state index contributed by atoms with van der Waals surface area (Å²) in [5.74, 6) is 0.700. The van der Waals surface area contributed by atoms with Gasteiger partial charge in [0.1, 0.15) is 5.60 Å². The minimum atomic E-state index is -0.505. The number of rotatable bonds is 3. The van der Waals surface area contributed by atoms with E-state index in [1.807, 2.05) is 25.7 Å². The van der Waals surface area contributed by atoms with Crippen LogP contribution in [0, 0.1) is 5.92 Å². The molecule has 1 aliphatic rings. The first-order valence-corrected chi connectivity index (χ1v) is 7.55. The van der Waals surface area contributed by atoms with Crippen molar-refractivity contribution >= 4 is 23.5 Å². The van der Waals surface area contributed by atoms with Crippen molar-refractivity contribution in [3.8, 4) is 5.75 Å². The largest absolute Gasteiger partial charge is 0.503 e. The van der Waals surface area contributed by atoms with Gasteiger partial charge in [-0.2, -0.15) is 4.98 Å². The Morgan fingerprint density at radius 1 is 1.59 bits per heavy atom. The molecule has 8 heteroatoms. The van der Waals surface area contributed by atoms with Crippen LogP contribution in [-0.2, 0) is 4.74 Å². The number of ether oxygens (including phenoxy) is 1. The third-order valence-corrected chi connectivity index (χ3v) is 3.42. The minimum Gasteiger partial charge on any atom is -0.503 e. The molecule has 1 aromatic heterocycles. The van der Waals surface area contributed by atoms with E-state index in [4.69, 9.17) is 16.3 Å². The monoisotopic (exact) mass is 328 g/mol. The molecule has 0 aromatic carbocycles. The van der Waals surface area contributed by atoms with Crippen molar-refractivity contribution in [2.45, 2.75) is 32.8 Å². The molecule has 1 aliphatic heterocycles. The van der Waals surface area contributed by atoms with E-state index < -0.39 is 11.7 Å². The van der Waals surface area contributed by atoms with Crippen molar-refractivity contribution in [1.82, 2.24) is 15.3 Å². The van der Waals surface area contributed by atoms with Gasteiger partial charge in [0, 0.05) is 19.6 Å². The number of hydrogen-bond donors (Lipinski definition) is 2. The minimum absolute atomic E-state index is 0.00477. The molecule has 2 N–H and O–H groups in total. The lowest BCUT2D eigenvalue weighted by Gasteiger charge is -2.21. The van der Waals surface area contributed by atoms with E-state index in [1.54, 1.807) is 0 Å². The molecular weight excluding hydrogens is 308 g/mol. The maximum Gasteiger partial charge on any atom is 0.407 e. The van der Waals surface area contributed by atoms with Crippen LogP contribution >= 0.6 is 11.6 Å². The van der Waals surface area contributed by atoms with E-state index in [-0.39, 0.29) is 17.0 Å². The molecule has 0 spiro atoms. The van der Waals surface area contributed by atoms with Crippen molar-refractivity contribution in [1.29, 1.82) is 0 Å². The zero-order valence-electron chi connectivity index (χ0n) is 13.0. The molecule has 1 saturated heterocycles. The fraction of sp³-hybridized carbons (Fsp3) is 0.643. The molecule has 2 rings (SSSR count). The zero-order valence-corrected chi connectivity index (χ0v) is 13.7. The van der Waals surface area contributed by atoms with Crippen LogP contribution in [0.5, 0.6) is 5.75 Å². The fourth-order valence-corrected chi connectivity index (χ4v) is 2.44. The number of carbonyl (C=O) groups excluding carboxylic acids is 1. The van der Waals surface area contributed by atoms with E-state index in [0.29, 0.717) is 18.9 Å². The van der Waals surface area contributed by atoms with Gasteiger partial charge in [0.25, 0.3) is 0 Å². The SMILES string of the molecule is CC(C)(C)OC(=O)NCC1CCN(c2nc(Cl)ncc2O)C1. The highest BCUT2D eigenvalue weighted by Crippen LogP contribution is 2.29. The number of nitrogens with zero attached hydrogens (tertiary/aromatic N) is 3. The average Bonchev–Trinajstić information content (AvgIpc) is 2.86.